The maximum absolute atomic E-state index is 11.8. The van der Waals surface area contributed by atoms with Gasteiger partial charge in [0.05, 0.1) is 12.9 Å². The first kappa shape index (κ1) is 11.7. The van der Waals surface area contributed by atoms with Gasteiger partial charge in [0.2, 0.25) is 0 Å². The lowest BCUT2D eigenvalue weighted by Crippen LogP contribution is -2.02. The predicted molar refractivity (Wildman–Crippen MR) is 66.6 cm³/mol. The van der Waals surface area contributed by atoms with E-state index in [0.717, 1.165) is 10.9 Å². The third-order valence-corrected chi connectivity index (χ3v) is 3.13. The zero-order chi connectivity index (χ0) is 12.1. The third-order valence-electron chi connectivity index (χ3n) is 2.23. The predicted octanol–water partition coefficient (Wildman–Crippen LogP) is 2.39. The number of Topliss-reactive ketones (excluding diaryl/α,β-unsaturated/α-hetero) is 1. The van der Waals surface area contributed by atoms with E-state index in [-0.39, 0.29) is 5.78 Å². The van der Waals surface area contributed by atoms with Gasteiger partial charge in [-0.3, -0.25) is 4.79 Å². The number of methoxy groups -OCH3 is 1. The van der Waals surface area contributed by atoms with Crippen molar-refractivity contribution in [2.45, 2.75) is 5.16 Å². The Labute approximate surface area is 103 Å². The Hall–Kier alpha value is -1.75. The molecule has 0 unspecified atom stereocenters. The van der Waals surface area contributed by atoms with Crippen LogP contribution in [0, 0.1) is 0 Å². The summed E-state index contributed by atoms with van der Waals surface area (Å²) in [6.45, 7) is 0. The standard InChI is InChI=1S/C12H12N2O2S/c1-16-10-4-2-9(3-5-10)11(15)8-17-12-13-6-7-14-12/h2-7H,8H2,1H3,(H,13,14). The molecule has 0 saturated heterocycles. The molecule has 0 bridgehead atoms. The zero-order valence-corrected chi connectivity index (χ0v) is 10.2. The number of hydrogen-bond acceptors (Lipinski definition) is 4. The molecule has 1 heterocycles. The van der Waals surface area contributed by atoms with Crippen molar-refractivity contribution in [2.24, 2.45) is 0 Å². The molecule has 2 aromatic rings. The summed E-state index contributed by atoms with van der Waals surface area (Å²) in [5.41, 5.74) is 0.685. The topological polar surface area (TPSA) is 55.0 Å². The highest BCUT2D eigenvalue weighted by Gasteiger charge is 2.07. The number of carbonyl (C=O) groups excluding carboxylic acids is 1. The van der Waals surface area contributed by atoms with Gasteiger partial charge in [-0.15, -0.1) is 0 Å². The second-order valence-electron chi connectivity index (χ2n) is 3.33. The molecular formula is C12H12N2O2S. The van der Waals surface area contributed by atoms with Crippen molar-refractivity contribution >= 4 is 17.5 Å². The van der Waals surface area contributed by atoms with Crippen LogP contribution in [0.25, 0.3) is 0 Å². The summed E-state index contributed by atoms with van der Waals surface area (Å²) in [4.78, 5) is 18.8. The molecule has 1 aromatic carbocycles. The molecule has 0 aliphatic rings. The van der Waals surface area contributed by atoms with E-state index in [9.17, 15) is 4.79 Å². The first-order chi connectivity index (χ1) is 8.29. The highest BCUT2D eigenvalue weighted by atomic mass is 32.2. The number of imidazole rings is 1. The smallest absolute Gasteiger partial charge is 0.173 e. The largest absolute Gasteiger partial charge is 0.497 e. The Bertz CT molecular complexity index is 480. The average Bonchev–Trinajstić information content (AvgIpc) is 2.89. The van der Waals surface area contributed by atoms with E-state index in [2.05, 4.69) is 9.97 Å². The number of aromatic amines is 1. The number of aromatic nitrogens is 2. The van der Waals surface area contributed by atoms with E-state index in [1.165, 1.54) is 11.8 Å². The Morgan fingerprint density at radius 2 is 2.18 bits per heavy atom. The molecule has 0 spiro atoms. The van der Waals surface area contributed by atoms with E-state index >= 15 is 0 Å². The van der Waals surface area contributed by atoms with Crippen LogP contribution in [0.3, 0.4) is 0 Å². The van der Waals surface area contributed by atoms with Crippen LogP contribution in [0.5, 0.6) is 5.75 Å². The van der Waals surface area contributed by atoms with Gasteiger partial charge in [0.25, 0.3) is 0 Å². The summed E-state index contributed by atoms with van der Waals surface area (Å²) in [5.74, 6) is 1.20. The van der Waals surface area contributed by atoms with Gasteiger partial charge in [-0.1, -0.05) is 11.8 Å². The number of ether oxygens (including phenoxy) is 1. The number of carbonyl (C=O) groups is 1. The molecule has 0 atom stereocenters. The third kappa shape index (κ3) is 3.10. The quantitative estimate of drug-likeness (QED) is 0.652. The lowest BCUT2D eigenvalue weighted by Gasteiger charge is -2.02. The van der Waals surface area contributed by atoms with Gasteiger partial charge < -0.3 is 9.72 Å². The van der Waals surface area contributed by atoms with E-state index in [4.69, 9.17) is 4.74 Å². The monoisotopic (exact) mass is 248 g/mol. The van der Waals surface area contributed by atoms with Crippen molar-refractivity contribution in [3.05, 3.63) is 42.2 Å². The van der Waals surface area contributed by atoms with E-state index in [1.54, 1.807) is 43.8 Å². The molecule has 0 amide bonds. The fourth-order valence-electron chi connectivity index (χ4n) is 1.32. The maximum atomic E-state index is 11.8. The zero-order valence-electron chi connectivity index (χ0n) is 9.34. The highest BCUT2D eigenvalue weighted by molar-refractivity contribution is 7.99. The summed E-state index contributed by atoms with van der Waals surface area (Å²) in [7, 11) is 1.60. The summed E-state index contributed by atoms with van der Waals surface area (Å²) in [6.07, 6.45) is 3.40. The van der Waals surface area contributed by atoms with Crippen LogP contribution >= 0.6 is 11.8 Å². The Morgan fingerprint density at radius 1 is 1.41 bits per heavy atom. The van der Waals surface area contributed by atoms with E-state index in [0.29, 0.717) is 11.3 Å². The summed E-state index contributed by atoms with van der Waals surface area (Å²) in [6, 6.07) is 7.10. The summed E-state index contributed by atoms with van der Waals surface area (Å²) in [5, 5.41) is 0.756. The van der Waals surface area contributed by atoms with Gasteiger partial charge in [0, 0.05) is 18.0 Å². The van der Waals surface area contributed by atoms with E-state index in [1.807, 2.05) is 0 Å². The van der Waals surface area contributed by atoms with Crippen LogP contribution in [0.2, 0.25) is 0 Å². The molecule has 0 fully saturated rings. The summed E-state index contributed by atoms with van der Waals surface area (Å²) >= 11 is 1.39. The molecule has 0 radical (unpaired) electrons. The SMILES string of the molecule is COc1ccc(C(=O)CSc2ncc[nH]2)cc1. The van der Waals surface area contributed by atoms with Gasteiger partial charge in [-0.05, 0) is 24.3 Å². The molecule has 5 heteroatoms. The maximum Gasteiger partial charge on any atom is 0.173 e. The Kier molecular flexibility index (Phi) is 3.82. The Morgan fingerprint density at radius 3 is 2.76 bits per heavy atom. The van der Waals surface area contributed by atoms with Gasteiger partial charge >= 0.3 is 0 Å². The number of benzene rings is 1. The minimum Gasteiger partial charge on any atom is -0.497 e. The average molecular weight is 248 g/mol. The van der Waals surface area contributed by atoms with Gasteiger partial charge in [-0.25, -0.2) is 4.98 Å². The van der Waals surface area contributed by atoms with E-state index < -0.39 is 0 Å². The van der Waals surface area contributed by atoms with Gasteiger partial charge in [-0.2, -0.15) is 0 Å². The fourth-order valence-corrected chi connectivity index (χ4v) is 2.05. The van der Waals surface area contributed by atoms with Crippen molar-refractivity contribution in [3.63, 3.8) is 0 Å². The van der Waals surface area contributed by atoms with Crippen LogP contribution in [0.15, 0.2) is 41.8 Å². The number of hydrogen-bond donors (Lipinski definition) is 1. The molecule has 2 rings (SSSR count). The lowest BCUT2D eigenvalue weighted by atomic mass is 10.1. The van der Waals surface area contributed by atoms with Crippen LogP contribution < -0.4 is 4.74 Å². The fraction of sp³-hybridized carbons (Fsp3) is 0.167. The summed E-state index contributed by atoms with van der Waals surface area (Å²) < 4.78 is 5.04. The normalized spacial score (nSPS) is 10.2. The number of H-pyrrole nitrogens is 1. The number of ketones is 1. The molecule has 4 nitrogen and oxygen atoms in total. The van der Waals surface area contributed by atoms with Crippen molar-refractivity contribution in [1.82, 2.24) is 9.97 Å². The van der Waals surface area contributed by atoms with Gasteiger partial charge in [0.1, 0.15) is 5.75 Å². The number of nitrogens with zero attached hydrogens (tertiary/aromatic N) is 1. The van der Waals surface area contributed by atoms with Crippen molar-refractivity contribution in [3.8, 4) is 5.75 Å². The number of thioether (sulfide) groups is 1. The van der Waals surface area contributed by atoms with Crippen LogP contribution in [0.4, 0.5) is 0 Å². The molecule has 0 aliphatic heterocycles. The van der Waals surface area contributed by atoms with Crippen LogP contribution in [0.1, 0.15) is 10.4 Å². The van der Waals surface area contributed by atoms with Crippen molar-refractivity contribution in [2.75, 3.05) is 12.9 Å². The molecule has 17 heavy (non-hydrogen) atoms. The Balaban J connectivity index is 1.95. The lowest BCUT2D eigenvalue weighted by molar-refractivity contribution is 0.102. The first-order valence-corrected chi connectivity index (χ1v) is 6.07. The van der Waals surface area contributed by atoms with Crippen molar-refractivity contribution < 1.29 is 9.53 Å². The number of rotatable bonds is 5. The highest BCUT2D eigenvalue weighted by Crippen LogP contribution is 2.16. The minimum atomic E-state index is 0.0778. The molecule has 0 saturated carbocycles. The molecule has 1 N–H and O–H groups in total. The second kappa shape index (κ2) is 5.54. The van der Waals surface area contributed by atoms with Crippen molar-refractivity contribution in [1.29, 1.82) is 0 Å². The van der Waals surface area contributed by atoms with Crippen LogP contribution in [-0.4, -0.2) is 28.6 Å². The number of nitrogens with one attached hydrogen (secondary N) is 1. The van der Waals surface area contributed by atoms with Gasteiger partial charge in [0.15, 0.2) is 10.9 Å². The van der Waals surface area contributed by atoms with Crippen LogP contribution in [-0.2, 0) is 0 Å². The molecular weight excluding hydrogens is 236 g/mol. The molecule has 1 aromatic heterocycles. The minimum absolute atomic E-state index is 0.0778. The molecule has 0 aliphatic carbocycles. The second-order valence-corrected chi connectivity index (χ2v) is 4.30. The first-order valence-electron chi connectivity index (χ1n) is 5.09. The molecule has 88 valence electrons.